The molecule has 2 rings (SSSR count). The second-order valence-electron chi connectivity index (χ2n) is 2.81. The Morgan fingerprint density at radius 2 is 2.07 bits per heavy atom. The lowest BCUT2D eigenvalue weighted by Gasteiger charge is -1.97. The second kappa shape index (κ2) is 4.16. The van der Waals surface area contributed by atoms with Crippen molar-refractivity contribution in [2.24, 2.45) is 0 Å². The van der Waals surface area contributed by atoms with Gasteiger partial charge in [-0.15, -0.1) is 10.2 Å². The number of hydrogen-bond donors (Lipinski definition) is 0. The first kappa shape index (κ1) is 10.4. The van der Waals surface area contributed by atoms with Crippen LogP contribution in [0.5, 0.6) is 0 Å². The SMILES string of the molecule is Cc1cc(Sc2nnc(C)o2)nc(Cl)n1. The fourth-order valence-electron chi connectivity index (χ4n) is 0.966. The highest BCUT2D eigenvalue weighted by Gasteiger charge is 2.07. The molecular weight excluding hydrogens is 236 g/mol. The zero-order chi connectivity index (χ0) is 10.8. The third-order valence-electron chi connectivity index (χ3n) is 1.50. The molecular formula is C8H7ClN4OS. The summed E-state index contributed by atoms with van der Waals surface area (Å²) >= 11 is 6.98. The van der Waals surface area contributed by atoms with Gasteiger partial charge in [-0.2, -0.15) is 0 Å². The van der Waals surface area contributed by atoms with Crippen LogP contribution in [-0.4, -0.2) is 20.2 Å². The first-order chi connectivity index (χ1) is 7.13. The lowest BCUT2D eigenvalue weighted by Crippen LogP contribution is -1.88. The first-order valence-corrected chi connectivity index (χ1v) is 5.32. The molecule has 2 aromatic heterocycles. The summed E-state index contributed by atoms with van der Waals surface area (Å²) in [6, 6.07) is 1.80. The third-order valence-corrected chi connectivity index (χ3v) is 2.43. The maximum absolute atomic E-state index is 5.72. The van der Waals surface area contributed by atoms with Crippen LogP contribution in [-0.2, 0) is 0 Å². The van der Waals surface area contributed by atoms with Gasteiger partial charge in [-0.3, -0.25) is 0 Å². The lowest BCUT2D eigenvalue weighted by atomic mass is 10.5. The average molecular weight is 243 g/mol. The molecule has 0 spiro atoms. The fourth-order valence-corrected chi connectivity index (χ4v) is 2.02. The number of aromatic nitrogens is 4. The summed E-state index contributed by atoms with van der Waals surface area (Å²) in [6.45, 7) is 3.58. The maximum atomic E-state index is 5.72. The lowest BCUT2D eigenvalue weighted by molar-refractivity contribution is 0.429. The van der Waals surface area contributed by atoms with Crippen molar-refractivity contribution in [2.45, 2.75) is 24.1 Å². The van der Waals surface area contributed by atoms with E-state index in [0.717, 1.165) is 5.69 Å². The van der Waals surface area contributed by atoms with Gasteiger partial charge in [-0.05, 0) is 36.4 Å². The number of halogens is 1. The van der Waals surface area contributed by atoms with Crippen molar-refractivity contribution < 1.29 is 4.42 Å². The van der Waals surface area contributed by atoms with Crippen LogP contribution in [0.2, 0.25) is 5.28 Å². The number of nitrogens with zero attached hydrogens (tertiary/aromatic N) is 4. The molecule has 0 unspecified atom stereocenters. The molecule has 0 bridgehead atoms. The second-order valence-corrected chi connectivity index (χ2v) is 4.12. The van der Waals surface area contributed by atoms with Gasteiger partial charge in [0, 0.05) is 12.6 Å². The topological polar surface area (TPSA) is 64.7 Å². The summed E-state index contributed by atoms with van der Waals surface area (Å²) in [5.41, 5.74) is 0.800. The zero-order valence-corrected chi connectivity index (χ0v) is 9.63. The quantitative estimate of drug-likeness (QED) is 0.595. The van der Waals surface area contributed by atoms with Crippen molar-refractivity contribution in [3.05, 3.63) is 22.9 Å². The molecule has 2 heterocycles. The van der Waals surface area contributed by atoms with Gasteiger partial charge < -0.3 is 4.42 Å². The predicted octanol–water partition coefficient (Wildman–Crippen LogP) is 2.28. The highest BCUT2D eigenvalue weighted by Crippen LogP contribution is 2.25. The molecule has 0 aliphatic rings. The third kappa shape index (κ3) is 2.66. The molecule has 0 fully saturated rings. The molecule has 0 saturated carbocycles. The first-order valence-electron chi connectivity index (χ1n) is 4.12. The molecule has 15 heavy (non-hydrogen) atoms. The zero-order valence-electron chi connectivity index (χ0n) is 8.06. The smallest absolute Gasteiger partial charge is 0.282 e. The Bertz CT molecular complexity index is 467. The summed E-state index contributed by atoms with van der Waals surface area (Å²) in [5.74, 6) is 0.523. The van der Waals surface area contributed by atoms with Crippen LogP contribution < -0.4 is 0 Å². The Labute approximate surface area is 95.3 Å². The van der Waals surface area contributed by atoms with Crippen molar-refractivity contribution in [1.82, 2.24) is 20.2 Å². The molecule has 0 radical (unpaired) electrons. The predicted molar refractivity (Wildman–Crippen MR) is 54.9 cm³/mol. The van der Waals surface area contributed by atoms with Crippen molar-refractivity contribution >= 4 is 23.4 Å². The van der Waals surface area contributed by atoms with Gasteiger partial charge in [-0.25, -0.2) is 9.97 Å². The van der Waals surface area contributed by atoms with E-state index in [1.807, 2.05) is 6.92 Å². The monoisotopic (exact) mass is 242 g/mol. The molecule has 2 aromatic rings. The van der Waals surface area contributed by atoms with Gasteiger partial charge in [0.1, 0.15) is 5.03 Å². The molecule has 0 amide bonds. The van der Waals surface area contributed by atoms with E-state index in [2.05, 4.69) is 20.2 Å². The Balaban J connectivity index is 2.24. The standard InChI is InChI=1S/C8H7ClN4OS/c1-4-3-6(11-7(9)10-4)15-8-13-12-5(2)14-8/h3H,1-2H3. The summed E-state index contributed by atoms with van der Waals surface area (Å²) < 4.78 is 5.20. The summed E-state index contributed by atoms with van der Waals surface area (Å²) in [7, 11) is 0. The Kier molecular flexibility index (Phi) is 2.88. The van der Waals surface area contributed by atoms with E-state index < -0.39 is 0 Å². The molecule has 5 nitrogen and oxygen atoms in total. The van der Waals surface area contributed by atoms with Crippen LogP contribution in [0, 0.1) is 13.8 Å². The van der Waals surface area contributed by atoms with E-state index >= 15 is 0 Å². The van der Waals surface area contributed by atoms with E-state index in [-0.39, 0.29) is 5.28 Å². The Morgan fingerprint density at radius 3 is 2.67 bits per heavy atom. The average Bonchev–Trinajstić information content (AvgIpc) is 2.49. The number of aryl methyl sites for hydroxylation is 2. The summed E-state index contributed by atoms with van der Waals surface area (Å²) in [5, 5.41) is 8.91. The van der Waals surface area contributed by atoms with E-state index in [1.165, 1.54) is 11.8 Å². The minimum atomic E-state index is 0.216. The van der Waals surface area contributed by atoms with Crippen LogP contribution in [0.15, 0.2) is 20.7 Å². The molecule has 0 saturated heterocycles. The van der Waals surface area contributed by atoms with Crippen molar-refractivity contribution in [3.63, 3.8) is 0 Å². The Morgan fingerprint density at radius 1 is 1.27 bits per heavy atom. The minimum Gasteiger partial charge on any atom is -0.416 e. The van der Waals surface area contributed by atoms with Crippen LogP contribution >= 0.6 is 23.4 Å². The van der Waals surface area contributed by atoms with Crippen LogP contribution in [0.1, 0.15) is 11.6 Å². The van der Waals surface area contributed by atoms with E-state index in [9.17, 15) is 0 Å². The highest BCUT2D eigenvalue weighted by molar-refractivity contribution is 7.99. The van der Waals surface area contributed by atoms with Crippen LogP contribution in [0.4, 0.5) is 0 Å². The molecule has 0 aliphatic carbocycles. The van der Waals surface area contributed by atoms with Gasteiger partial charge >= 0.3 is 0 Å². The maximum Gasteiger partial charge on any atom is 0.282 e. The largest absolute Gasteiger partial charge is 0.416 e. The Hall–Kier alpha value is -1.14. The molecule has 78 valence electrons. The van der Waals surface area contributed by atoms with E-state index in [1.54, 1.807) is 13.0 Å². The van der Waals surface area contributed by atoms with E-state index in [0.29, 0.717) is 16.1 Å². The molecule has 0 N–H and O–H groups in total. The van der Waals surface area contributed by atoms with Crippen molar-refractivity contribution in [3.8, 4) is 0 Å². The minimum absolute atomic E-state index is 0.216. The van der Waals surface area contributed by atoms with Crippen LogP contribution in [0.3, 0.4) is 0 Å². The summed E-state index contributed by atoms with van der Waals surface area (Å²) in [6.07, 6.45) is 0. The van der Waals surface area contributed by atoms with Gasteiger partial charge in [0.2, 0.25) is 11.2 Å². The van der Waals surface area contributed by atoms with Crippen molar-refractivity contribution in [2.75, 3.05) is 0 Å². The van der Waals surface area contributed by atoms with Crippen LogP contribution in [0.25, 0.3) is 0 Å². The van der Waals surface area contributed by atoms with Gasteiger partial charge in [0.25, 0.3) is 5.22 Å². The normalized spacial score (nSPS) is 10.6. The number of rotatable bonds is 2. The fraction of sp³-hybridized carbons (Fsp3) is 0.250. The molecule has 0 atom stereocenters. The van der Waals surface area contributed by atoms with Gasteiger partial charge in [-0.1, -0.05) is 0 Å². The molecule has 7 heteroatoms. The summed E-state index contributed by atoms with van der Waals surface area (Å²) in [4.78, 5) is 7.98. The van der Waals surface area contributed by atoms with E-state index in [4.69, 9.17) is 16.0 Å². The molecule has 0 aliphatic heterocycles. The highest BCUT2D eigenvalue weighted by atomic mass is 35.5. The number of hydrogen-bond acceptors (Lipinski definition) is 6. The van der Waals surface area contributed by atoms with Crippen molar-refractivity contribution in [1.29, 1.82) is 0 Å². The van der Waals surface area contributed by atoms with Gasteiger partial charge in [0.05, 0.1) is 0 Å². The van der Waals surface area contributed by atoms with Gasteiger partial charge in [0.15, 0.2) is 0 Å². The molecule has 0 aromatic carbocycles.